The van der Waals surface area contributed by atoms with Gasteiger partial charge >= 0.3 is 5.97 Å². The Morgan fingerprint density at radius 2 is 1.91 bits per heavy atom. The lowest BCUT2D eigenvalue weighted by Crippen LogP contribution is -2.15. The summed E-state index contributed by atoms with van der Waals surface area (Å²) in [4.78, 5) is 41.2. The number of anilines is 1. The van der Waals surface area contributed by atoms with Gasteiger partial charge < -0.3 is 14.6 Å². The first-order valence-corrected chi connectivity index (χ1v) is 9.64. The molecule has 162 valence electrons. The van der Waals surface area contributed by atoms with Crippen LogP contribution in [-0.4, -0.2) is 21.4 Å². The molecule has 32 heavy (non-hydrogen) atoms. The Balaban J connectivity index is 1.48. The molecule has 0 unspecified atom stereocenters. The molecule has 0 saturated heterocycles. The molecular weight excluding hydrogens is 417 g/mol. The summed E-state index contributed by atoms with van der Waals surface area (Å²) < 4.78 is 24.9. The summed E-state index contributed by atoms with van der Waals surface area (Å²) in [5.74, 6) is -1.16. The number of aromatic nitrogens is 2. The van der Waals surface area contributed by atoms with E-state index in [1.165, 1.54) is 30.3 Å². The van der Waals surface area contributed by atoms with Gasteiger partial charge in [-0.1, -0.05) is 12.1 Å². The molecule has 9 heteroatoms. The average molecular weight is 435 g/mol. The molecule has 0 aliphatic carbocycles. The normalized spacial score (nSPS) is 10.8. The summed E-state index contributed by atoms with van der Waals surface area (Å²) in [6, 6.07) is 12.8. The first kappa shape index (κ1) is 21.0. The number of carbonyl (C=O) groups is 2. The van der Waals surface area contributed by atoms with E-state index >= 15 is 0 Å². The van der Waals surface area contributed by atoms with E-state index in [9.17, 15) is 18.8 Å². The van der Waals surface area contributed by atoms with Crippen molar-refractivity contribution in [2.24, 2.45) is 0 Å². The van der Waals surface area contributed by atoms with E-state index in [1.807, 2.05) is 0 Å². The number of hydrogen-bond donors (Lipinski definition) is 1. The molecule has 0 radical (unpaired) electrons. The van der Waals surface area contributed by atoms with Gasteiger partial charge in [-0.15, -0.1) is 4.57 Å². The van der Waals surface area contributed by atoms with Gasteiger partial charge in [-0.3, -0.25) is 9.59 Å². The Labute approximate surface area is 181 Å². The fourth-order valence-electron chi connectivity index (χ4n) is 3.08. The second-order valence-corrected chi connectivity index (χ2v) is 7.15. The van der Waals surface area contributed by atoms with Crippen LogP contribution in [-0.2, 0) is 11.3 Å². The van der Waals surface area contributed by atoms with Crippen LogP contribution in [0.2, 0.25) is 0 Å². The number of halogens is 1. The number of nitrogens with zero attached hydrogens (tertiary/aromatic N) is 2. The molecule has 2 heterocycles. The van der Waals surface area contributed by atoms with Crippen molar-refractivity contribution in [3.05, 3.63) is 98.9 Å². The molecule has 4 rings (SSSR count). The Morgan fingerprint density at radius 3 is 2.69 bits per heavy atom. The van der Waals surface area contributed by atoms with Gasteiger partial charge in [-0.05, 0) is 49.7 Å². The van der Waals surface area contributed by atoms with Gasteiger partial charge in [0.15, 0.2) is 5.65 Å². The Hall–Kier alpha value is -4.27. The first-order chi connectivity index (χ1) is 15.3. The zero-order chi connectivity index (χ0) is 22.8. The number of esters is 1. The van der Waals surface area contributed by atoms with Crippen LogP contribution in [0.5, 0.6) is 0 Å². The molecule has 0 spiro atoms. The molecule has 0 bridgehead atoms. The molecule has 4 aromatic rings. The van der Waals surface area contributed by atoms with E-state index in [0.29, 0.717) is 22.7 Å². The summed E-state index contributed by atoms with van der Waals surface area (Å²) in [6.45, 7) is 3.24. The van der Waals surface area contributed by atoms with Crippen LogP contribution < -0.4 is 10.9 Å². The van der Waals surface area contributed by atoms with Gasteiger partial charge in [0, 0.05) is 23.4 Å². The number of benzene rings is 2. The van der Waals surface area contributed by atoms with E-state index in [0.717, 1.165) is 10.6 Å². The maximum atomic E-state index is 13.4. The number of rotatable bonds is 5. The summed E-state index contributed by atoms with van der Waals surface area (Å²) in [6.07, 6.45) is 0. The topological polar surface area (TPSA) is 103 Å². The highest BCUT2D eigenvalue weighted by Gasteiger charge is 2.14. The van der Waals surface area contributed by atoms with Crippen molar-refractivity contribution in [3.8, 4) is 0 Å². The summed E-state index contributed by atoms with van der Waals surface area (Å²) in [5, 5.41) is 2.67. The van der Waals surface area contributed by atoms with Crippen LogP contribution in [0.25, 0.3) is 5.65 Å². The number of nitrogens with one attached hydrogen (secondary N) is 1. The van der Waals surface area contributed by atoms with Crippen LogP contribution in [0.4, 0.5) is 10.1 Å². The standard InChI is InChI=1S/C23H18FN3O5/c1-13-6-7-16(10-19(13)26-22(29)15-4-3-5-17(24)9-15)23(30)31-12-18-11-21(28)27-20(25-18)8-14(2)32-27/h3-11H,12H2,1-2H3,(H,26,29). The molecule has 0 aliphatic rings. The quantitative estimate of drug-likeness (QED) is 0.480. The molecule has 0 saturated carbocycles. The lowest BCUT2D eigenvalue weighted by Gasteiger charge is -2.11. The van der Waals surface area contributed by atoms with Crippen molar-refractivity contribution in [1.29, 1.82) is 0 Å². The lowest BCUT2D eigenvalue weighted by molar-refractivity contribution is 0.0467. The van der Waals surface area contributed by atoms with Crippen molar-refractivity contribution >= 4 is 23.2 Å². The van der Waals surface area contributed by atoms with Crippen molar-refractivity contribution in [2.45, 2.75) is 20.5 Å². The largest absolute Gasteiger partial charge is 0.456 e. The number of hydrogen-bond acceptors (Lipinski definition) is 6. The first-order valence-electron chi connectivity index (χ1n) is 9.64. The minimum absolute atomic E-state index is 0.152. The lowest BCUT2D eigenvalue weighted by atomic mass is 10.1. The van der Waals surface area contributed by atoms with Gasteiger partial charge in [-0.2, -0.15) is 0 Å². The zero-order valence-electron chi connectivity index (χ0n) is 17.2. The highest BCUT2D eigenvalue weighted by atomic mass is 19.1. The Morgan fingerprint density at radius 1 is 1.09 bits per heavy atom. The third-order valence-electron chi connectivity index (χ3n) is 4.68. The van der Waals surface area contributed by atoms with Crippen LogP contribution in [0.15, 0.2) is 63.9 Å². The molecule has 2 aromatic heterocycles. The molecule has 1 amide bonds. The van der Waals surface area contributed by atoms with E-state index < -0.39 is 23.3 Å². The van der Waals surface area contributed by atoms with Gasteiger partial charge in [0.25, 0.3) is 11.5 Å². The second-order valence-electron chi connectivity index (χ2n) is 7.15. The van der Waals surface area contributed by atoms with Crippen LogP contribution in [0, 0.1) is 19.7 Å². The molecule has 0 aliphatic heterocycles. The van der Waals surface area contributed by atoms with Crippen molar-refractivity contribution in [3.63, 3.8) is 0 Å². The van der Waals surface area contributed by atoms with Gasteiger partial charge in [-0.25, -0.2) is 14.2 Å². The maximum absolute atomic E-state index is 13.4. The number of aryl methyl sites for hydroxylation is 2. The van der Waals surface area contributed by atoms with Gasteiger partial charge in [0.1, 0.15) is 18.2 Å². The molecular formula is C23H18FN3O5. The van der Waals surface area contributed by atoms with Crippen molar-refractivity contribution in [2.75, 3.05) is 5.32 Å². The molecule has 1 N–H and O–H groups in total. The second kappa shape index (κ2) is 8.46. The number of fused-ring (bicyclic) bond motifs is 1. The Kier molecular flexibility index (Phi) is 5.55. The maximum Gasteiger partial charge on any atom is 0.338 e. The molecule has 2 aromatic carbocycles. The number of amides is 1. The smallest absolute Gasteiger partial charge is 0.338 e. The zero-order valence-corrected chi connectivity index (χ0v) is 17.2. The van der Waals surface area contributed by atoms with Crippen LogP contribution >= 0.6 is 0 Å². The fraction of sp³-hybridized carbons (Fsp3) is 0.130. The van der Waals surface area contributed by atoms with Gasteiger partial charge in [0.05, 0.1) is 11.3 Å². The van der Waals surface area contributed by atoms with Crippen molar-refractivity contribution in [1.82, 2.24) is 9.56 Å². The number of carbonyl (C=O) groups excluding carboxylic acids is 2. The van der Waals surface area contributed by atoms with E-state index in [4.69, 9.17) is 9.26 Å². The van der Waals surface area contributed by atoms with Crippen molar-refractivity contribution < 1.29 is 23.2 Å². The summed E-state index contributed by atoms with van der Waals surface area (Å²) >= 11 is 0. The van der Waals surface area contributed by atoms with E-state index in [-0.39, 0.29) is 23.4 Å². The summed E-state index contributed by atoms with van der Waals surface area (Å²) in [7, 11) is 0. The predicted octanol–water partition coefficient (Wildman–Crippen LogP) is 3.65. The fourth-order valence-corrected chi connectivity index (χ4v) is 3.08. The molecule has 0 fully saturated rings. The van der Waals surface area contributed by atoms with Crippen LogP contribution in [0.3, 0.4) is 0 Å². The predicted molar refractivity (Wildman–Crippen MR) is 113 cm³/mol. The Bertz CT molecular complexity index is 1410. The van der Waals surface area contributed by atoms with Crippen LogP contribution in [0.1, 0.15) is 37.7 Å². The third-order valence-corrected chi connectivity index (χ3v) is 4.68. The minimum atomic E-state index is -0.656. The average Bonchev–Trinajstić information content (AvgIpc) is 3.14. The highest BCUT2D eigenvalue weighted by Crippen LogP contribution is 2.19. The van der Waals surface area contributed by atoms with Gasteiger partial charge in [0.2, 0.25) is 0 Å². The molecule has 8 nitrogen and oxygen atoms in total. The molecule has 0 atom stereocenters. The number of ether oxygens (including phenoxy) is 1. The highest BCUT2D eigenvalue weighted by molar-refractivity contribution is 6.05. The van der Waals surface area contributed by atoms with E-state index in [1.54, 1.807) is 32.0 Å². The minimum Gasteiger partial charge on any atom is -0.456 e. The van der Waals surface area contributed by atoms with E-state index in [2.05, 4.69) is 10.3 Å². The summed E-state index contributed by atoms with van der Waals surface area (Å²) in [5.41, 5.74) is 1.62. The SMILES string of the molecule is Cc1cc2nc(COC(=O)c3ccc(C)c(NC(=O)c4cccc(F)c4)c3)cc(=O)n2o1. The monoisotopic (exact) mass is 435 g/mol. The third kappa shape index (κ3) is 4.41.